The Bertz CT molecular complexity index is 1210. The standard InChI is InChI=1S/C26H26ClN3O/c1-17(2)20-5-4-6-21(13-20)18(3)29-26(31)22-9-12-25-24(14-22)28-16-30(25)15-19-7-10-23(27)11-8-19/h4-14,16-18H,15H2,1-3H3,(H,29,31). The van der Waals surface area contributed by atoms with Gasteiger partial charge < -0.3 is 9.88 Å². The minimum atomic E-state index is -0.100. The molecule has 3 aromatic carbocycles. The van der Waals surface area contributed by atoms with Crippen LogP contribution in [0.1, 0.15) is 59.8 Å². The maximum atomic E-state index is 12.9. The zero-order chi connectivity index (χ0) is 22.0. The molecule has 0 saturated heterocycles. The Balaban J connectivity index is 1.50. The first-order chi connectivity index (χ1) is 14.9. The Kier molecular flexibility index (Phi) is 6.10. The fourth-order valence-electron chi connectivity index (χ4n) is 3.67. The lowest BCUT2D eigenvalue weighted by molar-refractivity contribution is 0.0940. The fourth-order valence-corrected chi connectivity index (χ4v) is 3.79. The van der Waals surface area contributed by atoms with Gasteiger partial charge in [0.05, 0.1) is 23.4 Å². The van der Waals surface area contributed by atoms with Crippen LogP contribution in [-0.2, 0) is 6.54 Å². The quantitative estimate of drug-likeness (QED) is 0.386. The minimum absolute atomic E-state index is 0.0793. The third kappa shape index (κ3) is 4.80. The Hall–Kier alpha value is -3.11. The van der Waals surface area contributed by atoms with Crippen molar-refractivity contribution in [2.75, 3.05) is 0 Å². The summed E-state index contributed by atoms with van der Waals surface area (Å²) in [6.45, 7) is 7.05. The van der Waals surface area contributed by atoms with Gasteiger partial charge in [0, 0.05) is 17.1 Å². The van der Waals surface area contributed by atoms with E-state index in [0.717, 1.165) is 27.2 Å². The maximum Gasteiger partial charge on any atom is 0.251 e. The van der Waals surface area contributed by atoms with Crippen LogP contribution in [0.15, 0.2) is 73.1 Å². The highest BCUT2D eigenvalue weighted by Gasteiger charge is 2.14. The number of nitrogens with zero attached hydrogens (tertiary/aromatic N) is 2. The molecule has 0 bridgehead atoms. The van der Waals surface area contributed by atoms with Crippen LogP contribution in [0.5, 0.6) is 0 Å². The molecular formula is C26H26ClN3O. The molecule has 1 amide bonds. The molecule has 0 fully saturated rings. The second-order valence-corrected chi connectivity index (χ2v) is 8.66. The largest absolute Gasteiger partial charge is 0.346 e. The van der Waals surface area contributed by atoms with Crippen molar-refractivity contribution in [2.24, 2.45) is 0 Å². The molecular weight excluding hydrogens is 406 g/mol. The number of amides is 1. The average molecular weight is 432 g/mol. The highest BCUT2D eigenvalue weighted by atomic mass is 35.5. The average Bonchev–Trinajstić information content (AvgIpc) is 3.17. The summed E-state index contributed by atoms with van der Waals surface area (Å²) in [6.07, 6.45) is 1.81. The number of carbonyl (C=O) groups excluding carboxylic acids is 1. The minimum Gasteiger partial charge on any atom is -0.346 e. The molecule has 1 aromatic heterocycles. The third-order valence-corrected chi connectivity index (χ3v) is 5.83. The lowest BCUT2D eigenvalue weighted by atomic mass is 9.98. The summed E-state index contributed by atoms with van der Waals surface area (Å²) in [7, 11) is 0. The van der Waals surface area contributed by atoms with E-state index < -0.39 is 0 Å². The number of hydrogen-bond acceptors (Lipinski definition) is 2. The lowest BCUT2D eigenvalue weighted by Crippen LogP contribution is -2.26. The van der Waals surface area contributed by atoms with E-state index in [0.29, 0.717) is 18.0 Å². The van der Waals surface area contributed by atoms with Gasteiger partial charge in [0.1, 0.15) is 0 Å². The zero-order valence-corrected chi connectivity index (χ0v) is 18.7. The van der Waals surface area contributed by atoms with Crippen molar-refractivity contribution in [1.29, 1.82) is 0 Å². The number of carbonyl (C=O) groups is 1. The molecule has 0 aliphatic carbocycles. The summed E-state index contributed by atoms with van der Waals surface area (Å²) in [5, 5.41) is 3.83. The van der Waals surface area contributed by atoms with Crippen LogP contribution in [0.25, 0.3) is 11.0 Å². The van der Waals surface area contributed by atoms with Crippen molar-refractivity contribution >= 4 is 28.5 Å². The van der Waals surface area contributed by atoms with E-state index in [9.17, 15) is 4.79 Å². The Labute approximate surface area is 187 Å². The van der Waals surface area contributed by atoms with E-state index >= 15 is 0 Å². The molecule has 1 atom stereocenters. The second kappa shape index (κ2) is 8.94. The number of benzene rings is 3. The van der Waals surface area contributed by atoms with Crippen molar-refractivity contribution in [2.45, 2.75) is 39.3 Å². The van der Waals surface area contributed by atoms with E-state index in [1.165, 1.54) is 5.56 Å². The van der Waals surface area contributed by atoms with Gasteiger partial charge in [-0.15, -0.1) is 0 Å². The van der Waals surface area contributed by atoms with Crippen LogP contribution >= 0.6 is 11.6 Å². The molecule has 0 radical (unpaired) electrons. The first-order valence-corrected chi connectivity index (χ1v) is 10.9. The van der Waals surface area contributed by atoms with Crippen LogP contribution in [-0.4, -0.2) is 15.5 Å². The van der Waals surface area contributed by atoms with Crippen molar-refractivity contribution in [1.82, 2.24) is 14.9 Å². The molecule has 0 aliphatic rings. The SMILES string of the molecule is CC(C)c1cccc(C(C)NC(=O)c2ccc3c(c2)ncn3Cc2ccc(Cl)cc2)c1. The number of imidazole rings is 1. The number of hydrogen-bond donors (Lipinski definition) is 1. The predicted octanol–water partition coefficient (Wildman–Crippen LogP) is 6.35. The number of rotatable bonds is 6. The maximum absolute atomic E-state index is 12.9. The molecule has 31 heavy (non-hydrogen) atoms. The molecule has 1 unspecified atom stereocenters. The normalized spacial score (nSPS) is 12.3. The number of nitrogens with one attached hydrogen (secondary N) is 1. The summed E-state index contributed by atoms with van der Waals surface area (Å²) in [6, 6.07) is 21.8. The van der Waals surface area contributed by atoms with Gasteiger partial charge in [-0.3, -0.25) is 4.79 Å². The van der Waals surface area contributed by atoms with Gasteiger partial charge in [-0.1, -0.05) is 61.8 Å². The highest BCUT2D eigenvalue weighted by molar-refractivity contribution is 6.30. The van der Waals surface area contributed by atoms with E-state index in [2.05, 4.69) is 46.9 Å². The molecule has 158 valence electrons. The summed E-state index contributed by atoms with van der Waals surface area (Å²) < 4.78 is 2.07. The molecule has 4 aromatic rings. The summed E-state index contributed by atoms with van der Waals surface area (Å²) in [4.78, 5) is 17.4. The molecule has 4 nitrogen and oxygen atoms in total. The van der Waals surface area contributed by atoms with Gasteiger partial charge in [-0.2, -0.15) is 0 Å². The molecule has 4 rings (SSSR count). The smallest absolute Gasteiger partial charge is 0.251 e. The van der Waals surface area contributed by atoms with Crippen LogP contribution in [0.3, 0.4) is 0 Å². The number of fused-ring (bicyclic) bond motifs is 1. The first-order valence-electron chi connectivity index (χ1n) is 10.5. The molecule has 5 heteroatoms. The third-order valence-electron chi connectivity index (χ3n) is 5.57. The van der Waals surface area contributed by atoms with Gasteiger partial charge in [0.15, 0.2) is 0 Å². The molecule has 0 spiro atoms. The van der Waals surface area contributed by atoms with Crippen molar-refractivity contribution in [3.05, 3.63) is 100 Å². The molecule has 0 aliphatic heterocycles. The van der Waals surface area contributed by atoms with Gasteiger partial charge in [-0.25, -0.2) is 4.98 Å². The van der Waals surface area contributed by atoms with Gasteiger partial charge in [0.25, 0.3) is 5.91 Å². The van der Waals surface area contributed by atoms with Crippen molar-refractivity contribution in [3.63, 3.8) is 0 Å². The molecule has 1 heterocycles. The first kappa shape index (κ1) is 21.1. The monoisotopic (exact) mass is 431 g/mol. The van der Waals surface area contributed by atoms with Gasteiger partial charge >= 0.3 is 0 Å². The number of aromatic nitrogens is 2. The van der Waals surface area contributed by atoms with Gasteiger partial charge in [-0.05, 0) is 59.9 Å². The van der Waals surface area contributed by atoms with Crippen LogP contribution in [0, 0.1) is 0 Å². The molecule has 1 N–H and O–H groups in total. The summed E-state index contributed by atoms with van der Waals surface area (Å²) >= 11 is 5.98. The van der Waals surface area contributed by atoms with Crippen molar-refractivity contribution in [3.8, 4) is 0 Å². The number of halogens is 1. The van der Waals surface area contributed by atoms with Crippen LogP contribution in [0.2, 0.25) is 5.02 Å². The second-order valence-electron chi connectivity index (χ2n) is 8.22. The van der Waals surface area contributed by atoms with Crippen LogP contribution in [0.4, 0.5) is 0 Å². The van der Waals surface area contributed by atoms with Crippen molar-refractivity contribution < 1.29 is 4.79 Å². The topological polar surface area (TPSA) is 46.9 Å². The zero-order valence-electron chi connectivity index (χ0n) is 18.0. The Morgan fingerprint density at radius 3 is 2.48 bits per heavy atom. The Morgan fingerprint density at radius 2 is 1.74 bits per heavy atom. The fraction of sp³-hybridized carbons (Fsp3) is 0.231. The predicted molar refractivity (Wildman–Crippen MR) is 127 cm³/mol. The summed E-state index contributed by atoms with van der Waals surface area (Å²) in [5.74, 6) is 0.352. The van der Waals surface area contributed by atoms with E-state index in [-0.39, 0.29) is 11.9 Å². The van der Waals surface area contributed by atoms with Crippen LogP contribution < -0.4 is 5.32 Å². The lowest BCUT2D eigenvalue weighted by Gasteiger charge is -2.16. The Morgan fingerprint density at radius 1 is 1.00 bits per heavy atom. The van der Waals surface area contributed by atoms with Gasteiger partial charge in [0.2, 0.25) is 0 Å². The molecule has 0 saturated carbocycles. The van der Waals surface area contributed by atoms with E-state index in [1.54, 1.807) is 6.33 Å². The van der Waals surface area contributed by atoms with E-state index in [4.69, 9.17) is 11.6 Å². The summed E-state index contributed by atoms with van der Waals surface area (Å²) in [5.41, 5.74) is 5.92. The highest BCUT2D eigenvalue weighted by Crippen LogP contribution is 2.21. The van der Waals surface area contributed by atoms with E-state index in [1.807, 2.05) is 55.5 Å².